The Labute approximate surface area is 152 Å². The Hall–Kier alpha value is -2.91. The van der Waals surface area contributed by atoms with Gasteiger partial charge in [-0.25, -0.2) is 0 Å². The van der Waals surface area contributed by atoms with Gasteiger partial charge in [0.1, 0.15) is 11.8 Å². The molecule has 1 aliphatic rings. The van der Waals surface area contributed by atoms with Crippen molar-refractivity contribution in [2.75, 3.05) is 13.1 Å². The van der Waals surface area contributed by atoms with Crippen LogP contribution in [-0.2, 0) is 13.6 Å². The van der Waals surface area contributed by atoms with Gasteiger partial charge in [0, 0.05) is 31.3 Å². The number of aryl methyl sites for hydroxylation is 1. The number of likely N-dealkylation sites (tertiary alicyclic amines) is 1. The normalized spacial score (nSPS) is 15.8. The summed E-state index contributed by atoms with van der Waals surface area (Å²) < 4.78 is 7.41. The van der Waals surface area contributed by atoms with Crippen molar-refractivity contribution >= 4 is 0 Å². The molecule has 0 atom stereocenters. The number of piperidine rings is 1. The summed E-state index contributed by atoms with van der Waals surface area (Å²) in [7, 11) is 1.91. The minimum atomic E-state index is 0.321. The Morgan fingerprint density at radius 2 is 2.00 bits per heavy atom. The summed E-state index contributed by atoms with van der Waals surface area (Å²) in [6.45, 7) is 2.86. The number of hydrogen-bond donors (Lipinski definition) is 0. The number of rotatable bonds is 4. The van der Waals surface area contributed by atoms with Crippen molar-refractivity contribution in [3.05, 3.63) is 59.7 Å². The van der Waals surface area contributed by atoms with E-state index in [9.17, 15) is 0 Å². The van der Waals surface area contributed by atoms with Gasteiger partial charge in [0.25, 0.3) is 0 Å². The summed E-state index contributed by atoms with van der Waals surface area (Å²) in [6, 6.07) is 14.1. The summed E-state index contributed by atoms with van der Waals surface area (Å²) in [5.41, 5.74) is 2.87. The molecular weight excluding hydrogens is 326 g/mol. The highest BCUT2D eigenvalue weighted by atomic mass is 16.5. The molecule has 6 heteroatoms. The molecular formula is C20H21N5O. The molecule has 2 aromatic heterocycles. The van der Waals surface area contributed by atoms with Crippen LogP contribution in [0.2, 0.25) is 0 Å². The van der Waals surface area contributed by atoms with Gasteiger partial charge in [0.15, 0.2) is 0 Å². The predicted octanol–water partition coefficient (Wildman–Crippen LogP) is 3.33. The Bertz CT molecular complexity index is 913. The van der Waals surface area contributed by atoms with Crippen LogP contribution < -0.4 is 0 Å². The highest BCUT2D eigenvalue weighted by Crippen LogP contribution is 2.29. The summed E-state index contributed by atoms with van der Waals surface area (Å²) in [6.07, 6.45) is 4.05. The zero-order chi connectivity index (χ0) is 17.9. The van der Waals surface area contributed by atoms with Crippen molar-refractivity contribution < 1.29 is 4.52 Å². The topological polar surface area (TPSA) is 70.9 Å². The summed E-state index contributed by atoms with van der Waals surface area (Å²) in [4.78, 5) is 7.02. The molecule has 4 rings (SSSR count). The van der Waals surface area contributed by atoms with Crippen LogP contribution in [0.5, 0.6) is 0 Å². The van der Waals surface area contributed by atoms with Crippen LogP contribution in [0.4, 0.5) is 0 Å². The van der Waals surface area contributed by atoms with E-state index >= 15 is 0 Å². The molecule has 0 radical (unpaired) electrons. The number of hydrogen-bond acceptors (Lipinski definition) is 5. The molecule has 0 spiro atoms. The van der Waals surface area contributed by atoms with Crippen molar-refractivity contribution in [2.24, 2.45) is 7.05 Å². The van der Waals surface area contributed by atoms with Gasteiger partial charge < -0.3 is 9.09 Å². The van der Waals surface area contributed by atoms with Gasteiger partial charge in [-0.05, 0) is 37.6 Å². The standard InChI is InChI=1S/C20H21N5O/c1-24-13-15(11-18(24)12-21)14-25-9-7-17(8-10-25)20-22-19(23-26-20)16-5-3-2-4-6-16/h2-6,11,13,17H,7-10,14H2,1H3. The van der Waals surface area contributed by atoms with E-state index in [1.165, 1.54) is 5.56 Å². The van der Waals surface area contributed by atoms with Gasteiger partial charge in [0.05, 0.1) is 0 Å². The zero-order valence-electron chi connectivity index (χ0n) is 14.8. The molecule has 26 heavy (non-hydrogen) atoms. The second kappa shape index (κ2) is 7.14. The van der Waals surface area contributed by atoms with Gasteiger partial charge in [-0.15, -0.1) is 0 Å². The first-order chi connectivity index (χ1) is 12.7. The van der Waals surface area contributed by atoms with Gasteiger partial charge in [-0.1, -0.05) is 35.5 Å². The van der Waals surface area contributed by atoms with Crippen LogP contribution in [0.15, 0.2) is 47.1 Å². The van der Waals surface area contributed by atoms with Crippen LogP contribution in [0, 0.1) is 11.3 Å². The van der Waals surface area contributed by atoms with E-state index in [1.54, 1.807) is 0 Å². The fourth-order valence-corrected chi connectivity index (χ4v) is 3.53. The third kappa shape index (κ3) is 3.39. The molecule has 0 bridgehead atoms. The molecule has 1 fully saturated rings. The highest BCUT2D eigenvalue weighted by molar-refractivity contribution is 5.53. The molecule has 1 aliphatic heterocycles. The number of aromatic nitrogens is 3. The molecule has 0 saturated carbocycles. The second-order valence-electron chi connectivity index (χ2n) is 6.83. The fraction of sp³-hybridized carbons (Fsp3) is 0.350. The fourth-order valence-electron chi connectivity index (χ4n) is 3.53. The monoisotopic (exact) mass is 347 g/mol. The molecule has 1 saturated heterocycles. The maximum Gasteiger partial charge on any atom is 0.230 e. The van der Waals surface area contributed by atoms with Crippen molar-refractivity contribution in [3.8, 4) is 17.5 Å². The molecule has 0 unspecified atom stereocenters. The molecule has 132 valence electrons. The van der Waals surface area contributed by atoms with E-state index < -0.39 is 0 Å². The van der Waals surface area contributed by atoms with Crippen LogP contribution in [0.25, 0.3) is 11.4 Å². The first kappa shape index (κ1) is 16.6. The minimum Gasteiger partial charge on any atom is -0.342 e. The smallest absolute Gasteiger partial charge is 0.230 e. The SMILES string of the molecule is Cn1cc(CN2CCC(c3nc(-c4ccccc4)no3)CC2)cc1C#N. The third-order valence-electron chi connectivity index (χ3n) is 4.99. The van der Waals surface area contributed by atoms with Crippen LogP contribution in [0.3, 0.4) is 0 Å². The minimum absolute atomic E-state index is 0.321. The van der Waals surface area contributed by atoms with Crippen LogP contribution in [0.1, 0.15) is 35.9 Å². The molecule has 3 aromatic rings. The molecule has 3 heterocycles. The molecule has 6 nitrogen and oxygen atoms in total. The van der Waals surface area contributed by atoms with Crippen molar-refractivity contribution in [1.29, 1.82) is 5.26 Å². The number of nitrogens with zero attached hydrogens (tertiary/aromatic N) is 5. The average Bonchev–Trinajstić information content (AvgIpc) is 3.30. The van der Waals surface area contributed by atoms with E-state index in [1.807, 2.05) is 54.2 Å². The van der Waals surface area contributed by atoms with Crippen molar-refractivity contribution in [1.82, 2.24) is 19.6 Å². The first-order valence-electron chi connectivity index (χ1n) is 8.89. The van der Waals surface area contributed by atoms with E-state index in [2.05, 4.69) is 21.1 Å². The lowest BCUT2D eigenvalue weighted by atomic mass is 9.96. The van der Waals surface area contributed by atoms with Crippen LogP contribution in [-0.4, -0.2) is 32.7 Å². The molecule has 0 N–H and O–H groups in total. The zero-order valence-corrected chi connectivity index (χ0v) is 14.8. The quantitative estimate of drug-likeness (QED) is 0.724. The van der Waals surface area contributed by atoms with E-state index in [-0.39, 0.29) is 0 Å². The number of benzene rings is 1. The van der Waals surface area contributed by atoms with E-state index in [4.69, 9.17) is 9.78 Å². The lowest BCUT2D eigenvalue weighted by Gasteiger charge is -2.29. The van der Waals surface area contributed by atoms with Gasteiger partial charge in [0.2, 0.25) is 11.7 Å². The maximum atomic E-state index is 9.08. The first-order valence-corrected chi connectivity index (χ1v) is 8.89. The van der Waals surface area contributed by atoms with Crippen molar-refractivity contribution in [3.63, 3.8) is 0 Å². The van der Waals surface area contributed by atoms with E-state index in [0.29, 0.717) is 17.4 Å². The lowest BCUT2D eigenvalue weighted by molar-refractivity contribution is 0.187. The Morgan fingerprint density at radius 3 is 2.69 bits per heavy atom. The Morgan fingerprint density at radius 1 is 1.23 bits per heavy atom. The van der Waals surface area contributed by atoms with Crippen LogP contribution >= 0.6 is 0 Å². The average molecular weight is 347 g/mol. The highest BCUT2D eigenvalue weighted by Gasteiger charge is 2.25. The van der Waals surface area contributed by atoms with E-state index in [0.717, 1.165) is 43.9 Å². The van der Waals surface area contributed by atoms with Gasteiger partial charge in [-0.3, -0.25) is 4.90 Å². The molecule has 0 aliphatic carbocycles. The molecule has 0 amide bonds. The maximum absolute atomic E-state index is 9.08. The van der Waals surface area contributed by atoms with Gasteiger partial charge >= 0.3 is 0 Å². The Balaban J connectivity index is 1.36. The Kier molecular flexibility index (Phi) is 4.55. The summed E-state index contributed by atoms with van der Waals surface area (Å²) in [5, 5.41) is 13.2. The van der Waals surface area contributed by atoms with Gasteiger partial charge in [-0.2, -0.15) is 10.2 Å². The summed E-state index contributed by atoms with van der Waals surface area (Å²) >= 11 is 0. The molecule has 1 aromatic carbocycles. The third-order valence-corrected chi connectivity index (χ3v) is 4.99. The number of nitriles is 1. The largest absolute Gasteiger partial charge is 0.342 e. The second-order valence-corrected chi connectivity index (χ2v) is 6.83. The predicted molar refractivity (Wildman–Crippen MR) is 97.1 cm³/mol. The van der Waals surface area contributed by atoms with Crippen molar-refractivity contribution in [2.45, 2.75) is 25.3 Å². The summed E-state index contributed by atoms with van der Waals surface area (Å²) in [5.74, 6) is 1.73. The lowest BCUT2D eigenvalue weighted by Crippen LogP contribution is -2.32.